The topological polar surface area (TPSA) is 40.7 Å². The molecule has 1 aliphatic carbocycles. The molecule has 1 fully saturated rings. The van der Waals surface area contributed by atoms with E-state index in [9.17, 15) is 4.39 Å². The molecule has 0 unspecified atom stereocenters. The number of aromatic amines is 1. The number of halogens is 2. The van der Waals surface area contributed by atoms with Gasteiger partial charge < -0.3 is 5.32 Å². The fourth-order valence-electron chi connectivity index (χ4n) is 3.51. The van der Waals surface area contributed by atoms with E-state index < -0.39 is 5.82 Å². The van der Waals surface area contributed by atoms with Gasteiger partial charge in [0, 0.05) is 17.5 Å². The number of H-pyrrole nitrogens is 1. The summed E-state index contributed by atoms with van der Waals surface area (Å²) >= 11 is 6.25. The SMILES string of the molecule is Fc1c(Cl)c(-c2ccccc2)cc2c(NCC3CCCC3)n[nH]c12. The highest BCUT2D eigenvalue weighted by Gasteiger charge is 2.19. The Morgan fingerprint density at radius 1 is 1.21 bits per heavy atom. The number of anilines is 1. The van der Waals surface area contributed by atoms with Gasteiger partial charge >= 0.3 is 0 Å². The average Bonchev–Trinajstić information content (AvgIpc) is 3.26. The number of nitrogens with zero attached hydrogens (tertiary/aromatic N) is 1. The number of fused-ring (bicyclic) bond motifs is 1. The predicted octanol–water partition coefficient (Wildman–Crippen LogP) is 5.62. The van der Waals surface area contributed by atoms with Gasteiger partial charge in [0.05, 0.1) is 5.02 Å². The lowest BCUT2D eigenvalue weighted by molar-refractivity contribution is 0.579. The quantitative estimate of drug-likeness (QED) is 0.645. The van der Waals surface area contributed by atoms with Crippen molar-refractivity contribution in [1.82, 2.24) is 10.2 Å². The predicted molar refractivity (Wildman–Crippen MR) is 96.9 cm³/mol. The first kappa shape index (κ1) is 15.5. The van der Waals surface area contributed by atoms with Gasteiger partial charge in [0.25, 0.3) is 0 Å². The summed E-state index contributed by atoms with van der Waals surface area (Å²) in [7, 11) is 0. The summed E-state index contributed by atoms with van der Waals surface area (Å²) < 4.78 is 14.7. The molecule has 0 atom stereocenters. The van der Waals surface area contributed by atoms with Gasteiger partial charge in [-0.1, -0.05) is 54.8 Å². The van der Waals surface area contributed by atoms with Crippen LogP contribution in [0, 0.1) is 11.7 Å². The molecule has 5 heteroatoms. The number of nitrogens with one attached hydrogen (secondary N) is 2. The molecule has 1 saturated carbocycles. The van der Waals surface area contributed by atoms with Crippen LogP contribution in [-0.4, -0.2) is 16.7 Å². The van der Waals surface area contributed by atoms with Crippen molar-refractivity contribution < 1.29 is 4.39 Å². The van der Waals surface area contributed by atoms with E-state index in [1.807, 2.05) is 36.4 Å². The molecule has 124 valence electrons. The zero-order chi connectivity index (χ0) is 16.5. The molecule has 0 radical (unpaired) electrons. The molecule has 2 aromatic carbocycles. The summed E-state index contributed by atoms with van der Waals surface area (Å²) in [5, 5.41) is 11.3. The maximum absolute atomic E-state index is 14.7. The Morgan fingerprint density at radius 2 is 1.96 bits per heavy atom. The number of hydrogen-bond acceptors (Lipinski definition) is 2. The minimum Gasteiger partial charge on any atom is -0.368 e. The molecule has 1 aliphatic rings. The second-order valence-electron chi connectivity index (χ2n) is 6.44. The summed E-state index contributed by atoms with van der Waals surface area (Å²) in [6.07, 6.45) is 5.11. The molecule has 0 bridgehead atoms. The van der Waals surface area contributed by atoms with Crippen LogP contribution < -0.4 is 5.32 Å². The monoisotopic (exact) mass is 343 g/mol. The maximum atomic E-state index is 14.7. The van der Waals surface area contributed by atoms with Crippen LogP contribution in [-0.2, 0) is 0 Å². The van der Waals surface area contributed by atoms with Crippen LogP contribution in [0.1, 0.15) is 25.7 Å². The maximum Gasteiger partial charge on any atom is 0.168 e. The summed E-state index contributed by atoms with van der Waals surface area (Å²) in [6, 6.07) is 11.5. The second kappa shape index (κ2) is 6.44. The molecular weight excluding hydrogens is 325 g/mol. The highest BCUT2D eigenvalue weighted by Crippen LogP contribution is 2.37. The highest BCUT2D eigenvalue weighted by molar-refractivity contribution is 6.34. The van der Waals surface area contributed by atoms with Gasteiger partial charge in [-0.3, -0.25) is 5.10 Å². The summed E-state index contributed by atoms with van der Waals surface area (Å²) in [5.74, 6) is 0.932. The molecule has 2 N–H and O–H groups in total. The molecule has 4 rings (SSSR count). The highest BCUT2D eigenvalue weighted by atomic mass is 35.5. The van der Waals surface area contributed by atoms with Crippen molar-refractivity contribution in [1.29, 1.82) is 0 Å². The second-order valence-corrected chi connectivity index (χ2v) is 6.82. The van der Waals surface area contributed by atoms with E-state index in [0.29, 0.717) is 22.8 Å². The summed E-state index contributed by atoms with van der Waals surface area (Å²) in [6.45, 7) is 0.880. The van der Waals surface area contributed by atoms with Crippen molar-refractivity contribution in [2.75, 3.05) is 11.9 Å². The fraction of sp³-hybridized carbons (Fsp3) is 0.316. The van der Waals surface area contributed by atoms with E-state index >= 15 is 0 Å². The number of hydrogen-bond donors (Lipinski definition) is 2. The Bertz CT molecular complexity index is 854. The lowest BCUT2D eigenvalue weighted by Crippen LogP contribution is -2.11. The molecule has 0 aliphatic heterocycles. The summed E-state index contributed by atoms with van der Waals surface area (Å²) in [4.78, 5) is 0. The Morgan fingerprint density at radius 3 is 2.71 bits per heavy atom. The molecule has 3 nitrogen and oxygen atoms in total. The third-order valence-electron chi connectivity index (χ3n) is 4.86. The molecule has 3 aromatic rings. The van der Waals surface area contributed by atoms with Crippen molar-refractivity contribution in [3.05, 3.63) is 47.2 Å². The van der Waals surface area contributed by atoms with Crippen molar-refractivity contribution >= 4 is 28.3 Å². The summed E-state index contributed by atoms with van der Waals surface area (Å²) in [5.41, 5.74) is 1.94. The molecule has 0 saturated heterocycles. The van der Waals surface area contributed by atoms with Crippen molar-refractivity contribution in [2.24, 2.45) is 5.92 Å². The van der Waals surface area contributed by atoms with E-state index in [1.54, 1.807) is 0 Å². The van der Waals surface area contributed by atoms with Gasteiger partial charge in [-0.05, 0) is 30.4 Å². The van der Waals surface area contributed by atoms with E-state index in [0.717, 1.165) is 17.5 Å². The average molecular weight is 344 g/mol. The largest absolute Gasteiger partial charge is 0.368 e. The Hall–Kier alpha value is -2.07. The van der Waals surface area contributed by atoms with Gasteiger partial charge in [-0.15, -0.1) is 0 Å². The van der Waals surface area contributed by atoms with Crippen molar-refractivity contribution in [3.63, 3.8) is 0 Å². The van der Waals surface area contributed by atoms with Gasteiger partial charge in [-0.2, -0.15) is 5.10 Å². The lowest BCUT2D eigenvalue weighted by Gasteiger charge is -2.11. The smallest absolute Gasteiger partial charge is 0.168 e. The third-order valence-corrected chi connectivity index (χ3v) is 5.23. The van der Waals surface area contributed by atoms with Crippen molar-refractivity contribution in [3.8, 4) is 11.1 Å². The van der Waals surface area contributed by atoms with E-state index in [-0.39, 0.29) is 5.02 Å². The molecule has 24 heavy (non-hydrogen) atoms. The number of rotatable bonds is 4. The van der Waals surface area contributed by atoms with E-state index in [2.05, 4.69) is 15.5 Å². The van der Waals surface area contributed by atoms with Gasteiger partial charge in [0.15, 0.2) is 11.6 Å². The first-order valence-corrected chi connectivity index (χ1v) is 8.77. The van der Waals surface area contributed by atoms with Crippen LogP contribution in [0.5, 0.6) is 0 Å². The third kappa shape index (κ3) is 2.75. The van der Waals surface area contributed by atoms with Gasteiger partial charge in [0.1, 0.15) is 5.52 Å². The van der Waals surface area contributed by atoms with Gasteiger partial charge in [-0.25, -0.2) is 4.39 Å². The molecule has 1 aromatic heterocycles. The number of benzene rings is 2. The first-order valence-electron chi connectivity index (χ1n) is 8.39. The molecule has 0 spiro atoms. The van der Waals surface area contributed by atoms with Crippen LogP contribution >= 0.6 is 11.6 Å². The standard InChI is InChI=1S/C19H19ClFN3/c20-16-14(13-8-2-1-3-9-13)10-15-18(17(16)21)23-24-19(15)22-11-12-6-4-5-7-12/h1-3,8-10,12H,4-7,11H2,(H2,22,23,24). The molecule has 1 heterocycles. The van der Waals surface area contributed by atoms with Crippen LogP contribution in [0.4, 0.5) is 10.2 Å². The number of aromatic nitrogens is 2. The minimum atomic E-state index is -0.450. The fourth-order valence-corrected chi connectivity index (χ4v) is 3.77. The molecule has 0 amide bonds. The Kier molecular flexibility index (Phi) is 4.15. The lowest BCUT2D eigenvalue weighted by atomic mass is 10.0. The van der Waals surface area contributed by atoms with Crippen LogP contribution in [0.15, 0.2) is 36.4 Å². The van der Waals surface area contributed by atoms with Gasteiger partial charge in [0.2, 0.25) is 0 Å². The van der Waals surface area contributed by atoms with Crippen molar-refractivity contribution in [2.45, 2.75) is 25.7 Å². The van der Waals surface area contributed by atoms with Crippen LogP contribution in [0.3, 0.4) is 0 Å². The normalized spacial score (nSPS) is 15.2. The Labute approximate surface area is 145 Å². The minimum absolute atomic E-state index is 0.125. The van der Waals surface area contributed by atoms with E-state index in [1.165, 1.54) is 25.7 Å². The van der Waals surface area contributed by atoms with Crippen LogP contribution in [0.2, 0.25) is 5.02 Å². The first-order chi connectivity index (χ1) is 11.7. The zero-order valence-corrected chi connectivity index (χ0v) is 14.0. The zero-order valence-electron chi connectivity index (χ0n) is 13.3. The van der Waals surface area contributed by atoms with Crippen LogP contribution in [0.25, 0.3) is 22.0 Å². The van der Waals surface area contributed by atoms with E-state index in [4.69, 9.17) is 11.6 Å². The molecular formula is C19H19ClFN3. The Balaban J connectivity index is 1.73.